The number of carbonyl (C=O) groups excluding carboxylic acids is 1. The van der Waals surface area contributed by atoms with Crippen molar-refractivity contribution in [2.75, 3.05) is 6.61 Å². The topological polar surface area (TPSA) is 53.4 Å². The number of aryl methyl sites for hydroxylation is 1. The number of carbonyl (C=O) groups is 1. The Hall–Kier alpha value is -1.00. The van der Waals surface area contributed by atoms with Gasteiger partial charge < -0.3 is 9.47 Å². The van der Waals surface area contributed by atoms with E-state index < -0.39 is 12.8 Å². The van der Waals surface area contributed by atoms with E-state index in [2.05, 4.69) is 14.6 Å². The summed E-state index contributed by atoms with van der Waals surface area (Å²) >= 11 is 1.68. The van der Waals surface area contributed by atoms with Gasteiger partial charge in [0.2, 0.25) is 5.88 Å². The molecule has 0 spiro atoms. The SMILES string of the molecule is Cn1nc(OCC(F)(F)F)c(I)c1OC=O. The molecule has 9 heteroatoms. The van der Waals surface area contributed by atoms with Gasteiger partial charge in [-0.05, 0) is 22.6 Å². The standard InChI is InChI=1S/C7H6F3IN2O3/c1-13-6(16-3-14)4(11)5(12-13)15-2-7(8,9)10/h3H,2H2,1H3. The summed E-state index contributed by atoms with van der Waals surface area (Å²) in [7, 11) is 1.42. The average molecular weight is 350 g/mol. The highest BCUT2D eigenvalue weighted by Crippen LogP contribution is 2.30. The van der Waals surface area contributed by atoms with Gasteiger partial charge in [-0.1, -0.05) is 0 Å². The molecule has 0 aliphatic heterocycles. The van der Waals surface area contributed by atoms with Gasteiger partial charge >= 0.3 is 6.18 Å². The van der Waals surface area contributed by atoms with E-state index in [1.165, 1.54) is 7.05 Å². The maximum Gasteiger partial charge on any atom is 0.422 e. The Morgan fingerprint density at radius 1 is 1.56 bits per heavy atom. The highest BCUT2D eigenvalue weighted by atomic mass is 127. The number of halogens is 4. The van der Waals surface area contributed by atoms with E-state index in [9.17, 15) is 18.0 Å². The molecular weight excluding hydrogens is 344 g/mol. The molecule has 0 aliphatic rings. The van der Waals surface area contributed by atoms with E-state index in [0.717, 1.165) is 4.68 Å². The molecule has 90 valence electrons. The Kier molecular flexibility index (Phi) is 3.99. The lowest BCUT2D eigenvalue weighted by molar-refractivity contribution is -0.154. The first-order valence-electron chi connectivity index (χ1n) is 3.87. The summed E-state index contributed by atoms with van der Waals surface area (Å²) < 4.78 is 45.9. The Morgan fingerprint density at radius 2 is 2.19 bits per heavy atom. The van der Waals surface area contributed by atoms with Crippen LogP contribution >= 0.6 is 22.6 Å². The summed E-state index contributed by atoms with van der Waals surface area (Å²) in [6.07, 6.45) is -4.44. The summed E-state index contributed by atoms with van der Waals surface area (Å²) in [6, 6.07) is 0. The predicted octanol–water partition coefficient (Wildman–Crippen LogP) is 1.50. The first-order valence-corrected chi connectivity index (χ1v) is 4.95. The van der Waals surface area contributed by atoms with Crippen molar-refractivity contribution in [3.63, 3.8) is 0 Å². The van der Waals surface area contributed by atoms with Crippen LogP contribution in [0.1, 0.15) is 0 Å². The number of alkyl halides is 3. The summed E-state index contributed by atoms with van der Waals surface area (Å²) in [4.78, 5) is 10.1. The molecule has 1 rings (SSSR count). The molecule has 1 aromatic rings. The average Bonchev–Trinajstić information content (AvgIpc) is 2.42. The molecule has 0 atom stereocenters. The van der Waals surface area contributed by atoms with Gasteiger partial charge in [-0.3, -0.25) is 4.79 Å². The van der Waals surface area contributed by atoms with Crippen LogP contribution < -0.4 is 9.47 Å². The second-order valence-electron chi connectivity index (χ2n) is 2.67. The Bertz CT molecular complexity index is 391. The van der Waals surface area contributed by atoms with Crippen LogP contribution in [-0.4, -0.2) is 29.0 Å². The minimum Gasteiger partial charge on any atom is -0.466 e. The summed E-state index contributed by atoms with van der Waals surface area (Å²) in [5, 5.41) is 3.63. The van der Waals surface area contributed by atoms with Crippen LogP contribution in [-0.2, 0) is 11.8 Å². The predicted molar refractivity (Wildman–Crippen MR) is 54.2 cm³/mol. The quantitative estimate of drug-likeness (QED) is 0.610. The molecule has 0 fully saturated rings. The Labute approximate surface area is 102 Å². The zero-order valence-electron chi connectivity index (χ0n) is 7.92. The fraction of sp³-hybridized carbons (Fsp3) is 0.429. The van der Waals surface area contributed by atoms with Crippen molar-refractivity contribution < 1.29 is 27.4 Å². The fourth-order valence-electron chi connectivity index (χ4n) is 0.875. The molecule has 0 bridgehead atoms. The highest BCUT2D eigenvalue weighted by molar-refractivity contribution is 14.1. The molecule has 0 radical (unpaired) electrons. The van der Waals surface area contributed by atoms with Crippen molar-refractivity contribution in [2.24, 2.45) is 7.05 Å². The van der Waals surface area contributed by atoms with Crippen molar-refractivity contribution in [1.82, 2.24) is 9.78 Å². The van der Waals surface area contributed by atoms with Crippen molar-refractivity contribution in [3.05, 3.63) is 3.57 Å². The smallest absolute Gasteiger partial charge is 0.422 e. The fourth-order valence-corrected chi connectivity index (χ4v) is 1.61. The van der Waals surface area contributed by atoms with E-state index in [0.29, 0.717) is 0 Å². The number of ether oxygens (including phenoxy) is 2. The first-order chi connectivity index (χ1) is 7.35. The molecule has 1 heterocycles. The molecule has 5 nitrogen and oxygen atoms in total. The van der Waals surface area contributed by atoms with E-state index in [-0.39, 0.29) is 21.8 Å². The lowest BCUT2D eigenvalue weighted by atomic mass is 10.6. The summed E-state index contributed by atoms with van der Waals surface area (Å²) in [6.45, 7) is -1.28. The maximum atomic E-state index is 11.9. The second kappa shape index (κ2) is 4.89. The zero-order chi connectivity index (χ0) is 12.3. The number of hydrogen-bond acceptors (Lipinski definition) is 4. The van der Waals surface area contributed by atoms with E-state index in [1.807, 2.05) is 0 Å². The Balaban J connectivity index is 2.82. The van der Waals surface area contributed by atoms with Crippen LogP contribution in [0.25, 0.3) is 0 Å². The third kappa shape index (κ3) is 3.25. The zero-order valence-corrected chi connectivity index (χ0v) is 10.1. The second-order valence-corrected chi connectivity index (χ2v) is 3.74. The molecule has 16 heavy (non-hydrogen) atoms. The van der Waals surface area contributed by atoms with Gasteiger partial charge in [-0.2, -0.15) is 13.2 Å². The van der Waals surface area contributed by atoms with E-state index >= 15 is 0 Å². The monoisotopic (exact) mass is 350 g/mol. The molecule has 0 N–H and O–H groups in total. The van der Waals surface area contributed by atoms with Gasteiger partial charge in [0, 0.05) is 7.05 Å². The molecule has 0 saturated heterocycles. The van der Waals surface area contributed by atoms with Crippen LogP contribution in [0.4, 0.5) is 13.2 Å². The minimum absolute atomic E-state index is 0.0350. The largest absolute Gasteiger partial charge is 0.466 e. The minimum atomic E-state index is -4.44. The summed E-state index contributed by atoms with van der Waals surface area (Å²) in [5.74, 6) is -0.190. The molecule has 1 aromatic heterocycles. The number of hydrogen-bond donors (Lipinski definition) is 0. The van der Waals surface area contributed by atoms with Crippen LogP contribution in [0, 0.1) is 3.57 Å². The van der Waals surface area contributed by atoms with Gasteiger partial charge in [-0.25, -0.2) is 4.68 Å². The number of nitrogens with zero attached hydrogens (tertiary/aromatic N) is 2. The van der Waals surface area contributed by atoms with Gasteiger partial charge in [0.1, 0.15) is 3.57 Å². The van der Waals surface area contributed by atoms with Gasteiger partial charge in [0.15, 0.2) is 6.61 Å². The normalized spacial score (nSPS) is 11.3. The lowest BCUT2D eigenvalue weighted by Crippen LogP contribution is -2.19. The molecule has 0 aromatic carbocycles. The van der Waals surface area contributed by atoms with Gasteiger partial charge in [-0.15, -0.1) is 5.10 Å². The lowest BCUT2D eigenvalue weighted by Gasteiger charge is -2.06. The van der Waals surface area contributed by atoms with Crippen LogP contribution in [0.2, 0.25) is 0 Å². The molecule has 0 aliphatic carbocycles. The maximum absolute atomic E-state index is 11.9. The van der Waals surface area contributed by atoms with Gasteiger partial charge in [0.05, 0.1) is 0 Å². The van der Waals surface area contributed by atoms with Crippen molar-refractivity contribution in [2.45, 2.75) is 6.18 Å². The third-order valence-electron chi connectivity index (χ3n) is 1.44. The number of aromatic nitrogens is 2. The summed E-state index contributed by atoms with van der Waals surface area (Å²) in [5.41, 5.74) is 0. The van der Waals surface area contributed by atoms with E-state index in [4.69, 9.17) is 0 Å². The first kappa shape index (κ1) is 13.1. The number of rotatable bonds is 4. The van der Waals surface area contributed by atoms with E-state index in [1.54, 1.807) is 22.6 Å². The van der Waals surface area contributed by atoms with Gasteiger partial charge in [0.25, 0.3) is 12.4 Å². The molecule has 0 amide bonds. The Morgan fingerprint density at radius 3 is 2.69 bits per heavy atom. The third-order valence-corrected chi connectivity index (χ3v) is 2.37. The van der Waals surface area contributed by atoms with Crippen LogP contribution in [0.3, 0.4) is 0 Å². The highest BCUT2D eigenvalue weighted by Gasteiger charge is 2.30. The van der Waals surface area contributed by atoms with Crippen molar-refractivity contribution >= 4 is 29.1 Å². The van der Waals surface area contributed by atoms with Crippen molar-refractivity contribution in [3.8, 4) is 11.8 Å². The van der Waals surface area contributed by atoms with Crippen molar-refractivity contribution in [1.29, 1.82) is 0 Å². The molecule has 0 unspecified atom stereocenters. The van der Waals surface area contributed by atoms with Crippen LogP contribution in [0.15, 0.2) is 0 Å². The molecule has 0 saturated carbocycles. The molecular formula is C7H6F3IN2O3. The van der Waals surface area contributed by atoms with Crippen LogP contribution in [0.5, 0.6) is 11.8 Å².